The third kappa shape index (κ3) is 6.21. The van der Waals surface area contributed by atoms with Crippen LogP contribution in [-0.2, 0) is 6.54 Å². The van der Waals surface area contributed by atoms with Gasteiger partial charge in [-0.1, -0.05) is 22.9 Å². The lowest BCUT2D eigenvalue weighted by atomic mass is 10.2. The molecule has 0 unspecified atom stereocenters. The fourth-order valence-electron chi connectivity index (χ4n) is 1.14. The highest BCUT2D eigenvalue weighted by molar-refractivity contribution is 14.0. The quantitative estimate of drug-likeness (QED) is 0.451. The molecule has 1 aromatic carbocycles. The van der Waals surface area contributed by atoms with Crippen molar-refractivity contribution in [3.05, 3.63) is 34.1 Å². The zero-order valence-electron chi connectivity index (χ0n) is 9.54. The monoisotopic (exact) mass is 415 g/mol. The zero-order valence-corrected chi connectivity index (χ0v) is 13.5. The Kier molecular flexibility index (Phi) is 8.49. The first-order valence-corrected chi connectivity index (χ1v) is 5.90. The van der Waals surface area contributed by atoms with Crippen molar-refractivity contribution in [2.24, 2.45) is 10.7 Å². The van der Waals surface area contributed by atoms with Gasteiger partial charge in [-0.3, -0.25) is 0 Å². The van der Waals surface area contributed by atoms with Crippen LogP contribution in [0.1, 0.15) is 18.9 Å². The molecule has 0 saturated heterocycles. The van der Waals surface area contributed by atoms with Crippen molar-refractivity contribution in [3.8, 4) is 0 Å². The normalized spacial score (nSPS) is 10.9. The van der Waals surface area contributed by atoms with Gasteiger partial charge in [0.05, 0.1) is 6.54 Å². The van der Waals surface area contributed by atoms with E-state index in [9.17, 15) is 4.39 Å². The largest absolute Gasteiger partial charge is 0.370 e. The molecule has 1 rings (SSSR count). The first kappa shape index (κ1) is 16.6. The molecule has 0 heterocycles. The highest BCUT2D eigenvalue weighted by Gasteiger charge is 2.01. The summed E-state index contributed by atoms with van der Waals surface area (Å²) in [6.45, 7) is 3.20. The molecule has 0 spiro atoms. The van der Waals surface area contributed by atoms with Crippen molar-refractivity contribution in [1.82, 2.24) is 5.32 Å². The number of nitrogens with two attached hydrogens (primary N) is 1. The topological polar surface area (TPSA) is 50.4 Å². The standard InChI is InChI=1S/C11H15BrFN3.HI/c1-2-5-15-11(14)16-7-8-6-9(13)3-4-10(8)12;/h3-4,6H,2,5,7H2,1H3,(H3,14,15,16);1H. The average Bonchev–Trinajstić information content (AvgIpc) is 2.27. The van der Waals surface area contributed by atoms with Gasteiger partial charge >= 0.3 is 0 Å². The van der Waals surface area contributed by atoms with Crippen LogP contribution in [0.3, 0.4) is 0 Å². The summed E-state index contributed by atoms with van der Waals surface area (Å²) < 4.78 is 13.8. The maximum absolute atomic E-state index is 13.0. The Hall–Kier alpha value is -0.370. The molecule has 0 atom stereocenters. The summed E-state index contributed by atoms with van der Waals surface area (Å²) in [6.07, 6.45) is 0.986. The number of halogens is 3. The van der Waals surface area contributed by atoms with Crippen molar-refractivity contribution in [3.63, 3.8) is 0 Å². The van der Waals surface area contributed by atoms with Gasteiger partial charge in [-0.25, -0.2) is 9.38 Å². The smallest absolute Gasteiger partial charge is 0.188 e. The van der Waals surface area contributed by atoms with E-state index in [4.69, 9.17) is 5.73 Å². The van der Waals surface area contributed by atoms with E-state index < -0.39 is 0 Å². The van der Waals surface area contributed by atoms with Crippen molar-refractivity contribution in [2.75, 3.05) is 6.54 Å². The Morgan fingerprint density at radius 2 is 2.24 bits per heavy atom. The molecule has 17 heavy (non-hydrogen) atoms. The zero-order chi connectivity index (χ0) is 12.0. The molecule has 0 aliphatic heterocycles. The van der Waals surface area contributed by atoms with Crippen LogP contribution >= 0.6 is 39.9 Å². The molecule has 0 saturated carbocycles. The van der Waals surface area contributed by atoms with E-state index in [2.05, 4.69) is 26.2 Å². The number of hydrogen-bond acceptors (Lipinski definition) is 1. The second kappa shape index (κ2) is 8.68. The van der Waals surface area contributed by atoms with Crippen LogP contribution in [0.2, 0.25) is 0 Å². The maximum Gasteiger partial charge on any atom is 0.188 e. The maximum atomic E-state index is 13.0. The van der Waals surface area contributed by atoms with Crippen LogP contribution in [-0.4, -0.2) is 12.5 Å². The molecule has 0 aliphatic rings. The summed E-state index contributed by atoms with van der Waals surface area (Å²) in [6, 6.07) is 4.51. The number of hydrogen-bond donors (Lipinski definition) is 2. The first-order chi connectivity index (χ1) is 7.63. The number of rotatable bonds is 4. The summed E-state index contributed by atoms with van der Waals surface area (Å²) in [5.74, 6) is 0.117. The minimum absolute atomic E-state index is 0. The van der Waals surface area contributed by atoms with Gasteiger partial charge in [-0.05, 0) is 30.2 Å². The molecule has 0 bridgehead atoms. The van der Waals surface area contributed by atoms with Gasteiger partial charge in [0.15, 0.2) is 5.96 Å². The SMILES string of the molecule is CCCNC(N)=NCc1cc(F)ccc1Br.I. The van der Waals surface area contributed by atoms with Gasteiger partial charge in [0.25, 0.3) is 0 Å². The van der Waals surface area contributed by atoms with Crippen LogP contribution < -0.4 is 11.1 Å². The third-order valence-electron chi connectivity index (χ3n) is 1.98. The molecule has 96 valence electrons. The Labute approximate surface area is 126 Å². The third-order valence-corrected chi connectivity index (χ3v) is 2.76. The predicted octanol–water partition coefficient (Wildman–Crippen LogP) is 3.02. The summed E-state index contributed by atoms with van der Waals surface area (Å²) in [5.41, 5.74) is 6.40. The van der Waals surface area contributed by atoms with Crippen molar-refractivity contribution < 1.29 is 4.39 Å². The highest BCUT2D eigenvalue weighted by Crippen LogP contribution is 2.18. The molecule has 1 aromatic rings. The average molecular weight is 416 g/mol. The molecule has 6 heteroatoms. The molecule has 0 radical (unpaired) electrons. The Morgan fingerprint density at radius 1 is 1.53 bits per heavy atom. The molecule has 3 N–H and O–H groups in total. The van der Waals surface area contributed by atoms with E-state index in [0.29, 0.717) is 12.5 Å². The number of benzene rings is 1. The minimum Gasteiger partial charge on any atom is -0.370 e. The predicted molar refractivity (Wildman–Crippen MR) is 83.1 cm³/mol. The summed E-state index contributed by atoms with van der Waals surface area (Å²) in [5, 5.41) is 2.96. The molecule has 0 fully saturated rings. The van der Waals surface area contributed by atoms with Crippen LogP contribution in [0, 0.1) is 5.82 Å². The van der Waals surface area contributed by atoms with E-state index in [1.165, 1.54) is 12.1 Å². The first-order valence-electron chi connectivity index (χ1n) is 5.11. The van der Waals surface area contributed by atoms with Gasteiger partial charge in [0.2, 0.25) is 0 Å². The van der Waals surface area contributed by atoms with Crippen molar-refractivity contribution >= 4 is 45.9 Å². The van der Waals surface area contributed by atoms with E-state index >= 15 is 0 Å². The van der Waals surface area contributed by atoms with E-state index in [1.54, 1.807) is 6.07 Å². The van der Waals surface area contributed by atoms with Crippen LogP contribution in [0.5, 0.6) is 0 Å². The molecule has 3 nitrogen and oxygen atoms in total. The van der Waals surface area contributed by atoms with E-state index in [-0.39, 0.29) is 29.8 Å². The van der Waals surface area contributed by atoms with Gasteiger partial charge < -0.3 is 11.1 Å². The summed E-state index contributed by atoms with van der Waals surface area (Å²) in [7, 11) is 0. The molecular weight excluding hydrogens is 400 g/mol. The number of nitrogens with zero attached hydrogens (tertiary/aromatic N) is 1. The van der Waals surface area contributed by atoms with Gasteiger partial charge in [-0.2, -0.15) is 0 Å². The lowest BCUT2D eigenvalue weighted by Gasteiger charge is -2.04. The molecular formula is C11H16BrFIN3. The Morgan fingerprint density at radius 3 is 2.88 bits per heavy atom. The van der Waals surface area contributed by atoms with E-state index in [1.807, 2.05) is 6.92 Å². The van der Waals surface area contributed by atoms with Gasteiger partial charge in [0, 0.05) is 11.0 Å². The van der Waals surface area contributed by atoms with Crippen LogP contribution in [0.4, 0.5) is 4.39 Å². The minimum atomic E-state index is -0.270. The van der Waals surface area contributed by atoms with Gasteiger partial charge in [-0.15, -0.1) is 24.0 Å². The fraction of sp³-hybridized carbons (Fsp3) is 0.364. The lowest BCUT2D eigenvalue weighted by Crippen LogP contribution is -2.32. The molecule has 0 aromatic heterocycles. The fourth-order valence-corrected chi connectivity index (χ4v) is 1.52. The van der Waals surface area contributed by atoms with E-state index in [0.717, 1.165) is 23.0 Å². The highest BCUT2D eigenvalue weighted by atomic mass is 127. The number of nitrogens with one attached hydrogen (secondary N) is 1. The number of guanidine groups is 1. The van der Waals surface area contributed by atoms with Gasteiger partial charge in [0.1, 0.15) is 5.82 Å². The second-order valence-electron chi connectivity index (χ2n) is 3.36. The van der Waals surface area contributed by atoms with Crippen molar-refractivity contribution in [1.29, 1.82) is 0 Å². The summed E-state index contributed by atoms with van der Waals surface area (Å²) >= 11 is 3.34. The lowest BCUT2D eigenvalue weighted by molar-refractivity contribution is 0.625. The number of aliphatic imine (C=N–C) groups is 1. The second-order valence-corrected chi connectivity index (χ2v) is 4.22. The Balaban J connectivity index is 0.00000256. The molecule has 0 amide bonds. The Bertz CT molecular complexity index is 385. The summed E-state index contributed by atoms with van der Waals surface area (Å²) in [4.78, 5) is 4.12. The molecule has 0 aliphatic carbocycles. The van der Waals surface area contributed by atoms with Crippen LogP contribution in [0.25, 0.3) is 0 Å². The van der Waals surface area contributed by atoms with Crippen molar-refractivity contribution in [2.45, 2.75) is 19.9 Å². The van der Waals surface area contributed by atoms with Crippen LogP contribution in [0.15, 0.2) is 27.7 Å².